The van der Waals surface area contributed by atoms with Crippen LogP contribution in [0.15, 0.2) is 70.4 Å². The number of rotatable bonds is 10. The maximum absolute atomic E-state index is 12.7. The van der Waals surface area contributed by atoms with Crippen molar-refractivity contribution in [2.24, 2.45) is 10.9 Å². The summed E-state index contributed by atoms with van der Waals surface area (Å²) in [6.45, 7) is 10.6. The SMILES string of the molecule is CCN(CC)Cc1ccc(N=Cc2cc(Br)cc(OC(=O)c3cccnc3)c2OC(=O)C(C)C)cc1. The van der Waals surface area contributed by atoms with Gasteiger partial charge in [-0.15, -0.1) is 0 Å². The van der Waals surface area contributed by atoms with Gasteiger partial charge in [0.2, 0.25) is 0 Å². The van der Waals surface area contributed by atoms with Crippen molar-refractivity contribution >= 4 is 39.8 Å². The number of halogens is 1. The van der Waals surface area contributed by atoms with Crippen LogP contribution in [0.2, 0.25) is 0 Å². The Kier molecular flexibility index (Phi) is 9.90. The minimum atomic E-state index is -0.616. The van der Waals surface area contributed by atoms with Crippen molar-refractivity contribution in [2.75, 3.05) is 13.1 Å². The third-order valence-electron chi connectivity index (χ3n) is 5.41. The van der Waals surface area contributed by atoms with E-state index >= 15 is 0 Å². The quantitative estimate of drug-likeness (QED) is 0.169. The molecular weight excluding hydrogens is 522 g/mol. The predicted molar refractivity (Wildman–Crippen MR) is 144 cm³/mol. The van der Waals surface area contributed by atoms with E-state index in [4.69, 9.17) is 9.47 Å². The van der Waals surface area contributed by atoms with E-state index in [1.807, 2.05) is 24.3 Å². The van der Waals surface area contributed by atoms with Gasteiger partial charge in [0.15, 0.2) is 11.5 Å². The minimum absolute atomic E-state index is 0.100. The molecule has 188 valence electrons. The van der Waals surface area contributed by atoms with Gasteiger partial charge in [-0.1, -0.05) is 55.8 Å². The van der Waals surface area contributed by atoms with E-state index < -0.39 is 11.9 Å². The molecule has 0 radical (unpaired) electrons. The Morgan fingerprint density at radius 3 is 2.42 bits per heavy atom. The van der Waals surface area contributed by atoms with Crippen molar-refractivity contribution in [3.05, 3.63) is 82.1 Å². The standard InChI is InChI=1S/C28H30BrN3O4/c1-5-32(6-2)18-20-9-11-24(12-10-20)31-17-22-14-23(29)15-25(26(22)36-27(33)19(3)4)35-28(34)21-8-7-13-30-16-21/h7-17,19H,5-6,18H2,1-4H3. The maximum atomic E-state index is 12.7. The van der Waals surface area contributed by atoms with Crippen LogP contribution in [0.1, 0.15) is 49.2 Å². The molecule has 7 nitrogen and oxygen atoms in total. The Morgan fingerprint density at radius 2 is 1.81 bits per heavy atom. The van der Waals surface area contributed by atoms with Gasteiger partial charge in [-0.25, -0.2) is 4.79 Å². The van der Waals surface area contributed by atoms with Gasteiger partial charge >= 0.3 is 11.9 Å². The molecule has 2 aromatic carbocycles. The lowest BCUT2D eigenvalue weighted by atomic mass is 10.1. The summed E-state index contributed by atoms with van der Waals surface area (Å²) >= 11 is 3.45. The van der Waals surface area contributed by atoms with E-state index in [1.165, 1.54) is 11.8 Å². The largest absolute Gasteiger partial charge is 0.422 e. The third-order valence-corrected chi connectivity index (χ3v) is 5.87. The van der Waals surface area contributed by atoms with Crippen molar-refractivity contribution in [2.45, 2.75) is 34.2 Å². The Balaban J connectivity index is 1.92. The van der Waals surface area contributed by atoms with Crippen LogP contribution >= 0.6 is 15.9 Å². The summed E-state index contributed by atoms with van der Waals surface area (Å²) < 4.78 is 11.9. The van der Waals surface area contributed by atoms with Gasteiger partial charge in [0.25, 0.3) is 0 Å². The molecule has 0 aliphatic heterocycles. The zero-order valence-corrected chi connectivity index (χ0v) is 22.5. The lowest BCUT2D eigenvalue weighted by Crippen LogP contribution is -2.21. The Labute approximate surface area is 220 Å². The lowest BCUT2D eigenvalue weighted by molar-refractivity contribution is -0.137. The van der Waals surface area contributed by atoms with E-state index in [0.29, 0.717) is 10.0 Å². The van der Waals surface area contributed by atoms with Crippen molar-refractivity contribution in [1.82, 2.24) is 9.88 Å². The summed E-state index contributed by atoms with van der Waals surface area (Å²) in [6, 6.07) is 14.5. The Morgan fingerprint density at radius 1 is 1.08 bits per heavy atom. The smallest absolute Gasteiger partial charge is 0.345 e. The number of aromatic nitrogens is 1. The molecule has 0 unspecified atom stereocenters. The summed E-state index contributed by atoms with van der Waals surface area (Å²) in [5.74, 6) is -1.22. The highest BCUT2D eigenvalue weighted by atomic mass is 79.9. The van der Waals surface area contributed by atoms with Gasteiger partial charge in [-0.2, -0.15) is 0 Å². The molecule has 0 aliphatic carbocycles. The molecule has 0 N–H and O–H groups in total. The number of carbonyl (C=O) groups excluding carboxylic acids is 2. The van der Waals surface area contributed by atoms with Gasteiger partial charge < -0.3 is 9.47 Å². The molecule has 0 saturated carbocycles. The molecule has 36 heavy (non-hydrogen) atoms. The highest BCUT2D eigenvalue weighted by Crippen LogP contribution is 2.36. The molecule has 0 amide bonds. The summed E-state index contributed by atoms with van der Waals surface area (Å²) in [4.78, 5) is 36.0. The number of benzene rings is 2. The second-order valence-corrected chi connectivity index (χ2v) is 9.33. The van der Waals surface area contributed by atoms with Crippen molar-refractivity contribution in [1.29, 1.82) is 0 Å². The van der Waals surface area contributed by atoms with Gasteiger partial charge in [-0.05, 0) is 55.1 Å². The molecule has 0 fully saturated rings. The first-order valence-electron chi connectivity index (χ1n) is 11.8. The van der Waals surface area contributed by atoms with Gasteiger partial charge in [-0.3, -0.25) is 19.7 Å². The summed E-state index contributed by atoms with van der Waals surface area (Å²) in [6.07, 6.45) is 4.57. The zero-order chi connectivity index (χ0) is 26.1. The van der Waals surface area contributed by atoms with Gasteiger partial charge in [0, 0.05) is 35.2 Å². The van der Waals surface area contributed by atoms with Crippen LogP contribution in [0.3, 0.4) is 0 Å². The molecule has 0 bridgehead atoms. The molecule has 1 heterocycles. The molecule has 0 saturated heterocycles. The maximum Gasteiger partial charge on any atom is 0.345 e. The van der Waals surface area contributed by atoms with Gasteiger partial charge in [0.05, 0.1) is 17.2 Å². The van der Waals surface area contributed by atoms with E-state index in [0.717, 1.165) is 25.3 Å². The molecular formula is C28H30BrN3O4. The molecule has 0 atom stereocenters. The third kappa shape index (κ3) is 7.57. The second-order valence-electron chi connectivity index (χ2n) is 8.42. The number of nitrogens with zero attached hydrogens (tertiary/aromatic N) is 3. The van der Waals surface area contributed by atoms with Crippen LogP contribution in [-0.2, 0) is 11.3 Å². The predicted octanol–water partition coefficient (Wildman–Crippen LogP) is 6.22. The monoisotopic (exact) mass is 551 g/mol. The van der Waals surface area contributed by atoms with E-state index in [9.17, 15) is 9.59 Å². The number of pyridine rings is 1. The lowest BCUT2D eigenvalue weighted by Gasteiger charge is -2.17. The fourth-order valence-corrected chi connectivity index (χ4v) is 3.72. The number of carbonyl (C=O) groups is 2. The Hall–Kier alpha value is -3.36. The number of hydrogen-bond acceptors (Lipinski definition) is 7. The second kappa shape index (κ2) is 13.1. The normalized spacial score (nSPS) is 11.3. The molecule has 3 rings (SSSR count). The summed E-state index contributed by atoms with van der Waals surface area (Å²) in [7, 11) is 0. The fourth-order valence-electron chi connectivity index (χ4n) is 3.27. The van der Waals surface area contributed by atoms with Crippen LogP contribution in [0, 0.1) is 5.92 Å². The number of aliphatic imine (C=N–C) groups is 1. The van der Waals surface area contributed by atoms with E-state index in [-0.39, 0.29) is 23.0 Å². The van der Waals surface area contributed by atoms with Crippen LogP contribution in [0.5, 0.6) is 11.5 Å². The van der Waals surface area contributed by atoms with Crippen molar-refractivity contribution in [3.8, 4) is 11.5 Å². The average molecular weight is 552 g/mol. The molecule has 3 aromatic rings. The zero-order valence-electron chi connectivity index (χ0n) is 20.9. The topological polar surface area (TPSA) is 81.1 Å². The first-order valence-corrected chi connectivity index (χ1v) is 12.6. The van der Waals surface area contributed by atoms with Crippen molar-refractivity contribution < 1.29 is 19.1 Å². The summed E-state index contributed by atoms with van der Waals surface area (Å²) in [5, 5.41) is 0. The fraction of sp³-hybridized carbons (Fsp3) is 0.286. The van der Waals surface area contributed by atoms with Crippen molar-refractivity contribution in [3.63, 3.8) is 0 Å². The van der Waals surface area contributed by atoms with Crippen LogP contribution < -0.4 is 9.47 Å². The first kappa shape index (κ1) is 27.2. The summed E-state index contributed by atoms with van der Waals surface area (Å²) in [5.41, 5.74) is 2.71. The highest BCUT2D eigenvalue weighted by molar-refractivity contribution is 9.10. The number of hydrogen-bond donors (Lipinski definition) is 0. The van der Waals surface area contributed by atoms with Crippen LogP contribution in [0.25, 0.3) is 0 Å². The molecule has 0 spiro atoms. The average Bonchev–Trinajstić information content (AvgIpc) is 2.88. The Bertz CT molecular complexity index is 1210. The highest BCUT2D eigenvalue weighted by Gasteiger charge is 2.21. The number of ether oxygens (including phenoxy) is 2. The number of esters is 2. The molecule has 0 aliphatic rings. The minimum Gasteiger partial charge on any atom is -0.422 e. The first-order chi connectivity index (χ1) is 17.3. The van der Waals surface area contributed by atoms with Gasteiger partial charge in [0.1, 0.15) is 0 Å². The van der Waals surface area contributed by atoms with E-state index in [1.54, 1.807) is 50.5 Å². The molecule has 1 aromatic heterocycles. The van der Waals surface area contributed by atoms with E-state index in [2.05, 4.69) is 44.7 Å². The van der Waals surface area contributed by atoms with Crippen LogP contribution in [-0.4, -0.2) is 41.1 Å². The van der Waals surface area contributed by atoms with Crippen LogP contribution in [0.4, 0.5) is 5.69 Å². The molecule has 8 heteroatoms.